The van der Waals surface area contributed by atoms with Crippen molar-refractivity contribution < 1.29 is 4.79 Å². The summed E-state index contributed by atoms with van der Waals surface area (Å²) in [6.07, 6.45) is 0. The van der Waals surface area contributed by atoms with Gasteiger partial charge in [0, 0.05) is 23.8 Å². The zero-order valence-electron chi connectivity index (χ0n) is 12.1. The number of hydrogen-bond donors (Lipinski definition) is 2. The number of carbonyl (C=O) groups excluding carboxylic acids is 1. The summed E-state index contributed by atoms with van der Waals surface area (Å²) in [5, 5.41) is 3.60. The number of nitrogens with one attached hydrogen (secondary N) is 1. The fourth-order valence-corrected chi connectivity index (χ4v) is 3.29. The number of nitrogens with zero attached hydrogens (tertiary/aromatic N) is 2. The normalized spacial score (nSPS) is 10.5. The molecule has 3 N–H and O–H groups in total. The molecule has 0 saturated heterocycles. The van der Waals surface area contributed by atoms with E-state index in [2.05, 4.69) is 26.2 Å². The van der Waals surface area contributed by atoms with Gasteiger partial charge in [0.15, 0.2) is 5.13 Å². The van der Waals surface area contributed by atoms with Crippen molar-refractivity contribution in [1.82, 2.24) is 4.98 Å². The van der Waals surface area contributed by atoms with E-state index in [-0.39, 0.29) is 11.7 Å². The molecule has 0 spiro atoms. The molecule has 0 unspecified atom stereocenters. The molecule has 1 heterocycles. The lowest BCUT2D eigenvalue weighted by molar-refractivity contribution is 0.103. The number of benzene rings is 1. The lowest BCUT2D eigenvalue weighted by Crippen LogP contribution is -2.15. The zero-order valence-corrected chi connectivity index (χ0v) is 14.5. The number of nitrogen functional groups attached to an aromatic ring is 1. The van der Waals surface area contributed by atoms with Gasteiger partial charge in [0.1, 0.15) is 10.7 Å². The van der Waals surface area contributed by atoms with Crippen LogP contribution in [0.4, 0.5) is 16.6 Å². The van der Waals surface area contributed by atoms with Crippen LogP contribution in [0.15, 0.2) is 22.7 Å². The molecule has 0 radical (unpaired) electrons. The Bertz CT molecular complexity index is 651. The highest BCUT2D eigenvalue weighted by atomic mass is 79.9. The highest BCUT2D eigenvalue weighted by Crippen LogP contribution is 2.28. The minimum Gasteiger partial charge on any atom is -0.382 e. The maximum Gasteiger partial charge on any atom is 0.269 e. The highest BCUT2D eigenvalue weighted by Gasteiger charge is 2.18. The van der Waals surface area contributed by atoms with Gasteiger partial charge >= 0.3 is 0 Å². The molecule has 0 aliphatic heterocycles. The third-order valence-corrected chi connectivity index (χ3v) is 4.59. The van der Waals surface area contributed by atoms with Gasteiger partial charge in [-0.15, -0.1) is 0 Å². The smallest absolute Gasteiger partial charge is 0.269 e. The van der Waals surface area contributed by atoms with E-state index in [1.54, 1.807) is 0 Å². The predicted molar refractivity (Wildman–Crippen MR) is 92.3 cm³/mol. The molecule has 21 heavy (non-hydrogen) atoms. The Kier molecular flexibility index (Phi) is 4.84. The summed E-state index contributed by atoms with van der Waals surface area (Å²) in [5.41, 5.74) is 7.64. The second-order valence-electron chi connectivity index (χ2n) is 4.70. The molecular formula is C14H17BrN4OS. The first-order valence-corrected chi connectivity index (χ1v) is 8.07. The Morgan fingerprint density at radius 2 is 2.19 bits per heavy atom. The summed E-state index contributed by atoms with van der Waals surface area (Å²) in [6, 6.07) is 5.73. The molecule has 1 aromatic heterocycles. The first-order valence-electron chi connectivity index (χ1n) is 6.46. The van der Waals surface area contributed by atoms with Crippen molar-refractivity contribution in [2.75, 3.05) is 29.5 Å². The minimum atomic E-state index is -0.238. The van der Waals surface area contributed by atoms with Gasteiger partial charge in [-0.3, -0.25) is 4.79 Å². The quantitative estimate of drug-likeness (QED) is 0.865. The van der Waals surface area contributed by atoms with Crippen LogP contribution in [0.2, 0.25) is 0 Å². The molecule has 5 nitrogen and oxygen atoms in total. The molecule has 2 aromatic rings. The maximum absolute atomic E-state index is 12.3. The molecule has 7 heteroatoms. The number of hydrogen-bond acceptors (Lipinski definition) is 5. The standard InChI is InChI=1S/C14H17BrN4OS/c1-4-19(3)14-18-12(16)11(21-14)13(20)17-10-6-8(2)5-9(15)7-10/h5-7H,4,16H2,1-3H3,(H,17,20). The van der Waals surface area contributed by atoms with Gasteiger partial charge in [-0.05, 0) is 37.6 Å². The van der Waals surface area contributed by atoms with Crippen LogP contribution in [0.3, 0.4) is 0 Å². The lowest BCUT2D eigenvalue weighted by Gasteiger charge is -2.10. The van der Waals surface area contributed by atoms with Crippen molar-refractivity contribution in [2.24, 2.45) is 0 Å². The summed E-state index contributed by atoms with van der Waals surface area (Å²) >= 11 is 4.71. The number of amides is 1. The second kappa shape index (κ2) is 6.44. The Morgan fingerprint density at radius 3 is 2.81 bits per heavy atom. The largest absolute Gasteiger partial charge is 0.382 e. The summed E-state index contributed by atoms with van der Waals surface area (Å²) < 4.78 is 0.918. The number of anilines is 3. The molecule has 1 amide bonds. The van der Waals surface area contributed by atoms with E-state index < -0.39 is 0 Å². The van der Waals surface area contributed by atoms with Gasteiger partial charge in [0.25, 0.3) is 5.91 Å². The Balaban J connectivity index is 2.22. The monoisotopic (exact) mass is 368 g/mol. The zero-order chi connectivity index (χ0) is 15.6. The van der Waals surface area contributed by atoms with Crippen molar-refractivity contribution in [3.8, 4) is 0 Å². The number of nitrogens with two attached hydrogens (primary N) is 1. The van der Waals surface area contributed by atoms with Gasteiger partial charge < -0.3 is 16.0 Å². The third kappa shape index (κ3) is 3.74. The fourth-order valence-electron chi connectivity index (χ4n) is 1.78. The topological polar surface area (TPSA) is 71.2 Å². The molecule has 1 aromatic carbocycles. The van der Waals surface area contributed by atoms with E-state index in [9.17, 15) is 4.79 Å². The third-order valence-electron chi connectivity index (χ3n) is 2.95. The number of halogens is 1. The molecule has 0 aliphatic rings. The average Bonchev–Trinajstić information content (AvgIpc) is 2.78. The van der Waals surface area contributed by atoms with Crippen molar-refractivity contribution in [3.63, 3.8) is 0 Å². The fraction of sp³-hybridized carbons (Fsp3) is 0.286. The van der Waals surface area contributed by atoms with E-state index in [4.69, 9.17) is 5.73 Å². The van der Waals surface area contributed by atoms with Crippen LogP contribution >= 0.6 is 27.3 Å². The molecular weight excluding hydrogens is 352 g/mol. The maximum atomic E-state index is 12.3. The number of rotatable bonds is 4. The first kappa shape index (κ1) is 15.8. The summed E-state index contributed by atoms with van der Waals surface area (Å²) in [7, 11) is 1.91. The Morgan fingerprint density at radius 1 is 1.48 bits per heavy atom. The van der Waals surface area contributed by atoms with Crippen LogP contribution in [0, 0.1) is 6.92 Å². The molecule has 0 aliphatic carbocycles. The highest BCUT2D eigenvalue weighted by molar-refractivity contribution is 9.10. The predicted octanol–water partition coefficient (Wildman–Crippen LogP) is 3.50. The van der Waals surface area contributed by atoms with Crippen molar-refractivity contribution in [3.05, 3.63) is 33.1 Å². The van der Waals surface area contributed by atoms with Crippen molar-refractivity contribution in [2.45, 2.75) is 13.8 Å². The van der Waals surface area contributed by atoms with Crippen LogP contribution in [0.1, 0.15) is 22.2 Å². The van der Waals surface area contributed by atoms with E-state index in [1.807, 2.05) is 44.0 Å². The van der Waals surface area contributed by atoms with Crippen molar-refractivity contribution in [1.29, 1.82) is 0 Å². The SMILES string of the molecule is CCN(C)c1nc(N)c(C(=O)Nc2cc(C)cc(Br)c2)s1. The van der Waals surface area contributed by atoms with E-state index in [1.165, 1.54) is 11.3 Å². The van der Waals surface area contributed by atoms with Gasteiger partial charge in [0.2, 0.25) is 0 Å². The Labute approximate surface area is 136 Å². The van der Waals surface area contributed by atoms with Gasteiger partial charge in [-0.1, -0.05) is 27.3 Å². The summed E-state index contributed by atoms with van der Waals surface area (Å²) in [5.74, 6) is 0.0257. The molecule has 0 bridgehead atoms. The minimum absolute atomic E-state index is 0.238. The molecule has 0 fully saturated rings. The number of aryl methyl sites for hydroxylation is 1. The van der Waals surface area contributed by atoms with Gasteiger partial charge in [-0.25, -0.2) is 4.98 Å². The lowest BCUT2D eigenvalue weighted by atomic mass is 10.2. The van der Waals surface area contributed by atoms with Crippen LogP contribution in [0.25, 0.3) is 0 Å². The number of thiazole rings is 1. The number of aromatic nitrogens is 1. The Hall–Kier alpha value is -1.60. The molecule has 2 rings (SSSR count). The van der Waals surface area contributed by atoms with Gasteiger partial charge in [0.05, 0.1) is 0 Å². The average molecular weight is 369 g/mol. The molecule has 0 saturated carbocycles. The van der Waals surface area contributed by atoms with E-state index in [0.717, 1.165) is 27.4 Å². The summed E-state index contributed by atoms with van der Waals surface area (Å²) in [6.45, 7) is 4.79. The van der Waals surface area contributed by atoms with Crippen LogP contribution in [-0.2, 0) is 0 Å². The van der Waals surface area contributed by atoms with E-state index in [0.29, 0.717) is 4.88 Å². The number of carbonyl (C=O) groups is 1. The first-order chi connectivity index (χ1) is 9.90. The second-order valence-corrected chi connectivity index (χ2v) is 6.59. The molecule has 112 valence electrons. The summed E-state index contributed by atoms with van der Waals surface area (Å²) in [4.78, 5) is 18.9. The van der Waals surface area contributed by atoms with Crippen molar-refractivity contribution >= 4 is 49.8 Å². The van der Waals surface area contributed by atoms with E-state index >= 15 is 0 Å². The van der Waals surface area contributed by atoms with Crippen LogP contribution in [-0.4, -0.2) is 24.5 Å². The van der Waals surface area contributed by atoms with Crippen LogP contribution < -0.4 is 16.0 Å². The van der Waals surface area contributed by atoms with Crippen LogP contribution in [0.5, 0.6) is 0 Å². The van der Waals surface area contributed by atoms with Gasteiger partial charge in [-0.2, -0.15) is 0 Å². The molecule has 0 atom stereocenters.